The van der Waals surface area contributed by atoms with E-state index in [1.165, 1.54) is 15.3 Å². The number of thiophene rings is 1. The van der Waals surface area contributed by atoms with E-state index in [2.05, 4.69) is 36.5 Å². The summed E-state index contributed by atoms with van der Waals surface area (Å²) in [6.07, 6.45) is 0. The fourth-order valence-corrected chi connectivity index (χ4v) is 2.57. The summed E-state index contributed by atoms with van der Waals surface area (Å²) in [6, 6.07) is 12.4. The van der Waals surface area contributed by atoms with E-state index in [0.29, 0.717) is 6.61 Å². The van der Waals surface area contributed by atoms with Gasteiger partial charge in [-0.05, 0) is 43.8 Å². The molecule has 0 amide bonds. The summed E-state index contributed by atoms with van der Waals surface area (Å²) in [6.45, 7) is 3.65. The van der Waals surface area contributed by atoms with Crippen molar-refractivity contribution in [2.45, 2.75) is 20.1 Å². The zero-order valence-electron chi connectivity index (χ0n) is 10.2. The molecule has 0 spiro atoms. The summed E-state index contributed by atoms with van der Waals surface area (Å²) in [5, 5.41) is 3.15. The van der Waals surface area contributed by atoms with Gasteiger partial charge in [-0.1, -0.05) is 12.1 Å². The zero-order valence-corrected chi connectivity index (χ0v) is 11.0. The SMILES string of the molecule is CNCc1ccc(COc2cccc(C)c2)s1. The third-order valence-electron chi connectivity index (χ3n) is 2.44. The predicted octanol–water partition coefficient (Wildman–Crippen LogP) is 3.35. The van der Waals surface area contributed by atoms with Crippen LogP contribution in [-0.2, 0) is 13.2 Å². The number of hydrogen-bond donors (Lipinski definition) is 1. The minimum atomic E-state index is 0.651. The van der Waals surface area contributed by atoms with Crippen molar-refractivity contribution in [1.29, 1.82) is 0 Å². The summed E-state index contributed by atoms with van der Waals surface area (Å²) < 4.78 is 5.75. The van der Waals surface area contributed by atoms with E-state index in [1.54, 1.807) is 11.3 Å². The molecule has 0 radical (unpaired) electrons. The van der Waals surface area contributed by atoms with Crippen LogP contribution < -0.4 is 10.1 Å². The minimum absolute atomic E-state index is 0.651. The van der Waals surface area contributed by atoms with Crippen molar-refractivity contribution in [3.05, 3.63) is 51.7 Å². The molecule has 1 aromatic heterocycles. The molecule has 0 bridgehead atoms. The summed E-state index contributed by atoms with van der Waals surface area (Å²) in [5.41, 5.74) is 1.23. The molecule has 0 saturated carbocycles. The minimum Gasteiger partial charge on any atom is -0.488 e. The number of benzene rings is 1. The third kappa shape index (κ3) is 3.58. The quantitative estimate of drug-likeness (QED) is 0.875. The van der Waals surface area contributed by atoms with E-state index < -0.39 is 0 Å². The third-order valence-corrected chi connectivity index (χ3v) is 3.50. The van der Waals surface area contributed by atoms with Crippen LogP contribution in [0, 0.1) is 6.92 Å². The molecule has 2 aromatic rings. The summed E-state index contributed by atoms with van der Waals surface area (Å²) >= 11 is 1.79. The Morgan fingerprint density at radius 1 is 1.18 bits per heavy atom. The van der Waals surface area contributed by atoms with E-state index in [1.807, 2.05) is 19.2 Å². The Bertz CT molecular complexity index is 479. The Balaban J connectivity index is 1.93. The van der Waals surface area contributed by atoms with Gasteiger partial charge in [-0.15, -0.1) is 11.3 Å². The summed E-state index contributed by atoms with van der Waals surface area (Å²) in [7, 11) is 1.96. The van der Waals surface area contributed by atoms with E-state index in [0.717, 1.165) is 12.3 Å². The molecule has 17 heavy (non-hydrogen) atoms. The molecular weight excluding hydrogens is 230 g/mol. The van der Waals surface area contributed by atoms with E-state index >= 15 is 0 Å². The van der Waals surface area contributed by atoms with Gasteiger partial charge in [-0.25, -0.2) is 0 Å². The highest BCUT2D eigenvalue weighted by Gasteiger charge is 2.00. The van der Waals surface area contributed by atoms with E-state index in [9.17, 15) is 0 Å². The van der Waals surface area contributed by atoms with Gasteiger partial charge in [0.25, 0.3) is 0 Å². The molecule has 0 aliphatic rings. The van der Waals surface area contributed by atoms with Crippen molar-refractivity contribution < 1.29 is 4.74 Å². The fraction of sp³-hybridized carbons (Fsp3) is 0.286. The number of rotatable bonds is 5. The van der Waals surface area contributed by atoms with E-state index in [-0.39, 0.29) is 0 Å². The first-order chi connectivity index (χ1) is 8.28. The van der Waals surface area contributed by atoms with Crippen molar-refractivity contribution in [3.8, 4) is 5.75 Å². The monoisotopic (exact) mass is 247 g/mol. The molecular formula is C14H17NOS. The molecule has 3 heteroatoms. The van der Waals surface area contributed by atoms with Crippen molar-refractivity contribution in [2.24, 2.45) is 0 Å². The smallest absolute Gasteiger partial charge is 0.122 e. The second kappa shape index (κ2) is 5.84. The second-order valence-corrected chi connectivity index (χ2v) is 5.26. The first-order valence-corrected chi connectivity index (χ1v) is 6.51. The summed E-state index contributed by atoms with van der Waals surface area (Å²) in [5.74, 6) is 0.938. The van der Waals surface area contributed by atoms with Crippen molar-refractivity contribution in [1.82, 2.24) is 5.32 Å². The van der Waals surface area contributed by atoms with Crippen LogP contribution in [0.5, 0.6) is 5.75 Å². The molecule has 90 valence electrons. The molecule has 2 nitrogen and oxygen atoms in total. The topological polar surface area (TPSA) is 21.3 Å². The molecule has 0 saturated heterocycles. The lowest BCUT2D eigenvalue weighted by Crippen LogP contribution is -2.02. The largest absolute Gasteiger partial charge is 0.488 e. The van der Waals surface area contributed by atoms with E-state index in [4.69, 9.17) is 4.74 Å². The van der Waals surface area contributed by atoms with Crippen molar-refractivity contribution in [3.63, 3.8) is 0 Å². The van der Waals surface area contributed by atoms with Crippen LogP contribution in [0.1, 0.15) is 15.3 Å². The van der Waals surface area contributed by atoms with Gasteiger partial charge in [0.05, 0.1) is 0 Å². The van der Waals surface area contributed by atoms with Crippen LogP contribution >= 0.6 is 11.3 Å². The molecule has 0 aliphatic carbocycles. The van der Waals surface area contributed by atoms with Gasteiger partial charge in [-0.2, -0.15) is 0 Å². The van der Waals surface area contributed by atoms with Gasteiger partial charge in [0, 0.05) is 16.3 Å². The molecule has 2 rings (SSSR count). The second-order valence-electron chi connectivity index (χ2n) is 4.00. The number of nitrogens with one attached hydrogen (secondary N) is 1. The molecule has 0 unspecified atom stereocenters. The zero-order chi connectivity index (χ0) is 12.1. The summed E-state index contributed by atoms with van der Waals surface area (Å²) in [4.78, 5) is 2.60. The molecule has 1 N–H and O–H groups in total. The Kier molecular flexibility index (Phi) is 4.18. The van der Waals surface area contributed by atoms with Gasteiger partial charge >= 0.3 is 0 Å². The molecule has 1 heterocycles. The van der Waals surface area contributed by atoms with Gasteiger partial charge in [0.1, 0.15) is 12.4 Å². The van der Waals surface area contributed by atoms with Gasteiger partial charge in [-0.3, -0.25) is 0 Å². The highest BCUT2D eigenvalue weighted by molar-refractivity contribution is 7.11. The predicted molar refractivity (Wildman–Crippen MR) is 72.6 cm³/mol. The maximum atomic E-state index is 5.75. The van der Waals surface area contributed by atoms with Gasteiger partial charge in [0.15, 0.2) is 0 Å². The Morgan fingerprint density at radius 3 is 2.76 bits per heavy atom. The number of hydrogen-bond acceptors (Lipinski definition) is 3. The standard InChI is InChI=1S/C14H17NOS/c1-11-4-3-5-12(8-11)16-10-14-7-6-13(17-14)9-15-2/h3-8,15H,9-10H2,1-2H3. The average Bonchev–Trinajstić information content (AvgIpc) is 2.75. The van der Waals surface area contributed by atoms with Crippen LogP contribution in [-0.4, -0.2) is 7.05 Å². The Hall–Kier alpha value is -1.32. The van der Waals surface area contributed by atoms with Gasteiger partial charge < -0.3 is 10.1 Å². The van der Waals surface area contributed by atoms with Crippen LogP contribution in [0.4, 0.5) is 0 Å². The Morgan fingerprint density at radius 2 is 2.00 bits per heavy atom. The maximum absolute atomic E-state index is 5.75. The molecule has 0 aliphatic heterocycles. The lowest BCUT2D eigenvalue weighted by atomic mass is 10.2. The highest BCUT2D eigenvalue weighted by atomic mass is 32.1. The van der Waals surface area contributed by atoms with Crippen LogP contribution in [0.25, 0.3) is 0 Å². The first kappa shape index (κ1) is 12.1. The normalized spacial score (nSPS) is 10.5. The van der Waals surface area contributed by atoms with Crippen molar-refractivity contribution in [2.75, 3.05) is 7.05 Å². The Labute approximate surface area is 106 Å². The lowest BCUT2D eigenvalue weighted by Gasteiger charge is -2.04. The average molecular weight is 247 g/mol. The molecule has 0 atom stereocenters. The number of aryl methyl sites for hydroxylation is 1. The molecule has 0 fully saturated rings. The van der Waals surface area contributed by atoms with Gasteiger partial charge in [0.2, 0.25) is 0 Å². The van der Waals surface area contributed by atoms with Crippen LogP contribution in [0.15, 0.2) is 36.4 Å². The fourth-order valence-electron chi connectivity index (χ4n) is 1.63. The maximum Gasteiger partial charge on any atom is 0.122 e. The molecule has 1 aromatic carbocycles. The first-order valence-electron chi connectivity index (χ1n) is 5.69. The highest BCUT2D eigenvalue weighted by Crippen LogP contribution is 2.19. The van der Waals surface area contributed by atoms with Crippen molar-refractivity contribution >= 4 is 11.3 Å². The lowest BCUT2D eigenvalue weighted by molar-refractivity contribution is 0.309. The van der Waals surface area contributed by atoms with Crippen LogP contribution in [0.2, 0.25) is 0 Å². The van der Waals surface area contributed by atoms with Crippen LogP contribution in [0.3, 0.4) is 0 Å². The number of ether oxygens (including phenoxy) is 1.